The summed E-state index contributed by atoms with van der Waals surface area (Å²) in [4.78, 5) is 12.4. The molecule has 0 heterocycles. The monoisotopic (exact) mass is 266 g/mol. The first-order valence-corrected chi connectivity index (χ1v) is 7.15. The van der Waals surface area contributed by atoms with Crippen molar-refractivity contribution in [3.8, 4) is 0 Å². The Labute approximate surface area is 119 Å². The molecule has 0 unspecified atom stereocenters. The van der Waals surface area contributed by atoms with Gasteiger partial charge in [-0.05, 0) is 48.1 Å². The number of benzene rings is 2. The molecular weight excluding hydrogens is 248 g/mol. The minimum atomic E-state index is -0.205. The van der Waals surface area contributed by atoms with Gasteiger partial charge in [0.25, 0.3) is 0 Å². The van der Waals surface area contributed by atoms with Crippen LogP contribution in [-0.4, -0.2) is 12.1 Å². The first-order valence-electron chi connectivity index (χ1n) is 7.15. The van der Waals surface area contributed by atoms with Crippen molar-refractivity contribution >= 4 is 22.8 Å². The van der Waals surface area contributed by atoms with Crippen LogP contribution in [0.4, 0.5) is 0 Å². The first kappa shape index (κ1) is 12.9. The van der Waals surface area contributed by atoms with Gasteiger partial charge < -0.3 is 4.74 Å². The van der Waals surface area contributed by atoms with Crippen molar-refractivity contribution in [2.24, 2.45) is 0 Å². The number of carbonyl (C=O) groups is 1. The van der Waals surface area contributed by atoms with Crippen molar-refractivity contribution < 1.29 is 9.53 Å². The van der Waals surface area contributed by atoms with Gasteiger partial charge in [-0.1, -0.05) is 43.0 Å². The van der Waals surface area contributed by atoms with Crippen molar-refractivity contribution in [1.29, 1.82) is 0 Å². The van der Waals surface area contributed by atoms with E-state index >= 15 is 0 Å². The molecule has 0 spiro atoms. The fourth-order valence-corrected chi connectivity index (χ4v) is 2.90. The maximum absolute atomic E-state index is 12.4. The molecule has 102 valence electrons. The first-order chi connectivity index (χ1) is 9.79. The summed E-state index contributed by atoms with van der Waals surface area (Å²) in [5.41, 5.74) is 1.69. The number of esters is 1. The van der Waals surface area contributed by atoms with Crippen LogP contribution in [0.15, 0.2) is 43.0 Å². The Bertz CT molecular complexity index is 652. The number of hydrogen-bond acceptors (Lipinski definition) is 2. The van der Waals surface area contributed by atoms with Gasteiger partial charge in [-0.25, -0.2) is 4.79 Å². The number of carbonyl (C=O) groups excluding carboxylic acids is 1. The second-order valence-corrected chi connectivity index (χ2v) is 5.26. The zero-order valence-corrected chi connectivity index (χ0v) is 11.5. The summed E-state index contributed by atoms with van der Waals surface area (Å²) in [7, 11) is 0. The number of rotatable bonds is 3. The van der Waals surface area contributed by atoms with E-state index in [2.05, 4.69) is 6.58 Å². The van der Waals surface area contributed by atoms with Gasteiger partial charge >= 0.3 is 5.97 Å². The van der Waals surface area contributed by atoms with Crippen LogP contribution >= 0.6 is 0 Å². The van der Waals surface area contributed by atoms with Gasteiger partial charge in [-0.3, -0.25) is 0 Å². The SMILES string of the molecule is C=Cc1ccc(C(=O)OC2CCCC2)c2ccccc12. The molecule has 0 aromatic heterocycles. The average Bonchev–Trinajstić information content (AvgIpc) is 2.99. The van der Waals surface area contributed by atoms with E-state index in [-0.39, 0.29) is 12.1 Å². The Morgan fingerprint density at radius 1 is 1.10 bits per heavy atom. The molecule has 0 aliphatic heterocycles. The average molecular weight is 266 g/mol. The molecule has 0 atom stereocenters. The number of hydrogen-bond donors (Lipinski definition) is 0. The van der Waals surface area contributed by atoms with Crippen molar-refractivity contribution in [1.82, 2.24) is 0 Å². The molecule has 2 aromatic carbocycles. The third kappa shape index (κ3) is 2.34. The van der Waals surface area contributed by atoms with Gasteiger partial charge in [0.2, 0.25) is 0 Å². The Balaban J connectivity index is 1.98. The van der Waals surface area contributed by atoms with Crippen LogP contribution in [0.1, 0.15) is 41.6 Å². The quantitative estimate of drug-likeness (QED) is 0.760. The molecule has 0 radical (unpaired) electrons. The standard InChI is InChI=1S/C18H18O2/c1-2-13-11-12-17(16-10-6-5-9-15(13)16)18(19)20-14-7-3-4-8-14/h2,5-6,9-12,14H,1,3-4,7-8H2. The molecule has 20 heavy (non-hydrogen) atoms. The molecule has 1 aliphatic carbocycles. The summed E-state index contributed by atoms with van der Waals surface area (Å²) in [5.74, 6) is -0.205. The Morgan fingerprint density at radius 3 is 2.50 bits per heavy atom. The van der Waals surface area contributed by atoms with Crippen molar-refractivity contribution in [2.45, 2.75) is 31.8 Å². The predicted octanol–water partition coefficient (Wildman–Crippen LogP) is 4.58. The number of fused-ring (bicyclic) bond motifs is 1. The molecule has 1 saturated carbocycles. The normalized spacial score (nSPS) is 15.4. The van der Waals surface area contributed by atoms with Gasteiger partial charge in [0.15, 0.2) is 0 Å². The zero-order valence-electron chi connectivity index (χ0n) is 11.5. The highest BCUT2D eigenvalue weighted by Gasteiger charge is 2.21. The molecule has 2 nitrogen and oxygen atoms in total. The van der Waals surface area contributed by atoms with E-state index in [1.54, 1.807) is 0 Å². The van der Waals surface area contributed by atoms with Crippen LogP contribution in [-0.2, 0) is 4.74 Å². The van der Waals surface area contributed by atoms with E-state index in [0.29, 0.717) is 5.56 Å². The molecular formula is C18H18O2. The summed E-state index contributed by atoms with van der Waals surface area (Å²) in [6.07, 6.45) is 6.22. The molecule has 0 bridgehead atoms. The van der Waals surface area contributed by atoms with Gasteiger partial charge in [-0.15, -0.1) is 0 Å². The van der Waals surface area contributed by atoms with Crippen LogP contribution in [0.25, 0.3) is 16.8 Å². The van der Waals surface area contributed by atoms with Crippen LogP contribution in [0.2, 0.25) is 0 Å². The summed E-state index contributed by atoms with van der Waals surface area (Å²) >= 11 is 0. The van der Waals surface area contributed by atoms with Crippen LogP contribution in [0, 0.1) is 0 Å². The number of ether oxygens (including phenoxy) is 1. The molecule has 2 heteroatoms. The lowest BCUT2D eigenvalue weighted by Crippen LogP contribution is -2.15. The highest BCUT2D eigenvalue weighted by Crippen LogP contribution is 2.27. The van der Waals surface area contributed by atoms with Gasteiger partial charge in [0.1, 0.15) is 6.10 Å². The summed E-state index contributed by atoms with van der Waals surface area (Å²) in [6.45, 7) is 3.82. The van der Waals surface area contributed by atoms with E-state index in [0.717, 1.165) is 42.0 Å². The summed E-state index contributed by atoms with van der Waals surface area (Å²) in [6, 6.07) is 11.7. The van der Waals surface area contributed by atoms with E-state index in [1.807, 2.05) is 42.5 Å². The van der Waals surface area contributed by atoms with Gasteiger partial charge in [0.05, 0.1) is 5.56 Å². The van der Waals surface area contributed by atoms with Crippen molar-refractivity contribution in [2.75, 3.05) is 0 Å². The highest BCUT2D eigenvalue weighted by molar-refractivity contribution is 6.06. The van der Waals surface area contributed by atoms with E-state index in [1.165, 1.54) is 0 Å². The molecule has 2 aromatic rings. The lowest BCUT2D eigenvalue weighted by molar-refractivity contribution is 0.0320. The van der Waals surface area contributed by atoms with E-state index in [9.17, 15) is 4.79 Å². The minimum absolute atomic E-state index is 0.0975. The molecule has 1 fully saturated rings. The van der Waals surface area contributed by atoms with E-state index in [4.69, 9.17) is 4.74 Å². The predicted molar refractivity (Wildman–Crippen MR) is 81.7 cm³/mol. The molecule has 0 amide bonds. The third-order valence-electron chi connectivity index (χ3n) is 3.97. The zero-order chi connectivity index (χ0) is 13.9. The Kier molecular flexibility index (Phi) is 3.55. The molecule has 3 rings (SSSR count). The highest BCUT2D eigenvalue weighted by atomic mass is 16.5. The van der Waals surface area contributed by atoms with E-state index < -0.39 is 0 Å². The molecule has 0 N–H and O–H groups in total. The largest absolute Gasteiger partial charge is 0.459 e. The van der Waals surface area contributed by atoms with Crippen molar-refractivity contribution in [3.63, 3.8) is 0 Å². The summed E-state index contributed by atoms with van der Waals surface area (Å²) < 4.78 is 5.61. The lowest BCUT2D eigenvalue weighted by Gasteiger charge is -2.13. The topological polar surface area (TPSA) is 26.3 Å². The molecule has 1 aliphatic rings. The fourth-order valence-electron chi connectivity index (χ4n) is 2.90. The smallest absolute Gasteiger partial charge is 0.339 e. The van der Waals surface area contributed by atoms with Crippen LogP contribution < -0.4 is 0 Å². The third-order valence-corrected chi connectivity index (χ3v) is 3.97. The van der Waals surface area contributed by atoms with Gasteiger partial charge in [-0.2, -0.15) is 0 Å². The van der Waals surface area contributed by atoms with Gasteiger partial charge in [0, 0.05) is 0 Å². The maximum atomic E-state index is 12.4. The fraction of sp³-hybridized carbons (Fsp3) is 0.278. The van der Waals surface area contributed by atoms with Crippen LogP contribution in [0.5, 0.6) is 0 Å². The second kappa shape index (κ2) is 5.49. The Morgan fingerprint density at radius 2 is 1.80 bits per heavy atom. The lowest BCUT2D eigenvalue weighted by atomic mass is 9.99. The Hall–Kier alpha value is -2.09. The summed E-state index contributed by atoms with van der Waals surface area (Å²) in [5, 5.41) is 1.98. The molecule has 0 saturated heterocycles. The minimum Gasteiger partial charge on any atom is -0.459 e. The van der Waals surface area contributed by atoms with Crippen molar-refractivity contribution in [3.05, 3.63) is 54.1 Å². The second-order valence-electron chi connectivity index (χ2n) is 5.26. The van der Waals surface area contributed by atoms with Crippen LogP contribution in [0.3, 0.4) is 0 Å². The maximum Gasteiger partial charge on any atom is 0.339 e.